The van der Waals surface area contributed by atoms with Crippen LogP contribution in [0.5, 0.6) is 0 Å². The van der Waals surface area contributed by atoms with E-state index in [2.05, 4.69) is 15.5 Å². The third-order valence-corrected chi connectivity index (χ3v) is 5.98. The van der Waals surface area contributed by atoms with Crippen molar-refractivity contribution in [1.29, 1.82) is 0 Å². The number of ether oxygens (including phenoxy) is 1. The maximum atomic E-state index is 12.9. The average Bonchev–Trinajstić information content (AvgIpc) is 3.37. The minimum absolute atomic E-state index is 0.195. The number of amides is 2. The largest absolute Gasteiger partial charge is 0.462 e. The number of H-pyrrole nitrogens is 1. The second-order valence-electron chi connectivity index (χ2n) is 7.58. The van der Waals surface area contributed by atoms with Crippen LogP contribution in [0.2, 0.25) is 0 Å². The van der Waals surface area contributed by atoms with E-state index in [0.717, 1.165) is 22.5 Å². The minimum atomic E-state index is -0.571. The highest BCUT2D eigenvalue weighted by Crippen LogP contribution is 2.35. The van der Waals surface area contributed by atoms with Gasteiger partial charge >= 0.3 is 5.97 Å². The van der Waals surface area contributed by atoms with Gasteiger partial charge in [0.25, 0.3) is 11.8 Å². The molecular formula is C23H26N4O4S. The van der Waals surface area contributed by atoms with Gasteiger partial charge in [-0.2, -0.15) is 5.10 Å². The van der Waals surface area contributed by atoms with E-state index in [0.29, 0.717) is 22.6 Å². The molecule has 2 N–H and O–H groups in total. The normalized spacial score (nSPS) is 10.7. The Balaban J connectivity index is 1.90. The molecule has 8 nitrogen and oxygen atoms in total. The smallest absolute Gasteiger partial charge is 0.341 e. The number of aromatic amines is 1. The van der Waals surface area contributed by atoms with Crippen LogP contribution in [0.1, 0.15) is 55.0 Å². The fourth-order valence-electron chi connectivity index (χ4n) is 3.00. The number of esters is 1. The Hall–Kier alpha value is -3.46. The Morgan fingerprint density at radius 2 is 1.84 bits per heavy atom. The molecule has 0 aliphatic carbocycles. The van der Waals surface area contributed by atoms with E-state index in [9.17, 15) is 14.4 Å². The lowest BCUT2D eigenvalue weighted by Gasteiger charge is -2.09. The van der Waals surface area contributed by atoms with Crippen LogP contribution in [0.15, 0.2) is 30.3 Å². The summed E-state index contributed by atoms with van der Waals surface area (Å²) in [6, 6.07) is 9.43. The van der Waals surface area contributed by atoms with Crippen molar-refractivity contribution >= 4 is 34.1 Å². The van der Waals surface area contributed by atoms with Gasteiger partial charge in [0.1, 0.15) is 10.7 Å². The molecule has 0 saturated carbocycles. The monoisotopic (exact) mass is 454 g/mol. The second kappa shape index (κ2) is 9.78. The molecule has 0 aliphatic rings. The molecule has 1 aromatic carbocycles. The summed E-state index contributed by atoms with van der Waals surface area (Å²) in [6.45, 7) is 5.81. The first kappa shape index (κ1) is 23.2. The first-order valence-electron chi connectivity index (χ1n) is 10.2. The molecule has 0 radical (unpaired) electrons. The van der Waals surface area contributed by atoms with Crippen molar-refractivity contribution < 1.29 is 19.1 Å². The van der Waals surface area contributed by atoms with Crippen LogP contribution in [-0.2, 0) is 4.74 Å². The van der Waals surface area contributed by atoms with Gasteiger partial charge in [-0.15, -0.1) is 11.3 Å². The van der Waals surface area contributed by atoms with Gasteiger partial charge < -0.3 is 15.0 Å². The molecule has 3 rings (SSSR count). The summed E-state index contributed by atoms with van der Waals surface area (Å²) in [5, 5.41) is 9.97. The molecule has 2 amide bonds. The topological polar surface area (TPSA) is 104 Å². The second-order valence-corrected chi connectivity index (χ2v) is 8.60. The highest BCUT2D eigenvalue weighted by Gasteiger charge is 2.28. The molecule has 9 heteroatoms. The molecule has 0 fully saturated rings. The lowest BCUT2D eigenvalue weighted by molar-refractivity contribution is 0.0506. The maximum Gasteiger partial charge on any atom is 0.341 e. The minimum Gasteiger partial charge on any atom is -0.462 e. The van der Waals surface area contributed by atoms with Gasteiger partial charge in [-0.05, 0) is 31.9 Å². The molecule has 0 saturated heterocycles. The zero-order valence-electron chi connectivity index (χ0n) is 18.7. The first-order chi connectivity index (χ1) is 15.2. The van der Waals surface area contributed by atoms with Crippen LogP contribution in [0.25, 0.3) is 11.3 Å². The van der Waals surface area contributed by atoms with Crippen LogP contribution in [-0.4, -0.2) is 53.6 Å². The van der Waals surface area contributed by atoms with Crippen molar-refractivity contribution in [3.8, 4) is 11.3 Å². The molecular weight excluding hydrogens is 428 g/mol. The van der Waals surface area contributed by atoms with Crippen LogP contribution in [0, 0.1) is 13.8 Å². The Labute approximate surface area is 190 Å². The SMILES string of the molecule is CCCOC(=O)c1c(NC(=O)c2cc(-c3ccc(C)cc3)n[nH]2)sc(C(=O)N(C)C)c1C. The maximum absolute atomic E-state index is 12.9. The van der Waals surface area contributed by atoms with Crippen molar-refractivity contribution in [2.24, 2.45) is 0 Å². The number of carbonyl (C=O) groups excluding carboxylic acids is 3. The molecule has 3 aromatic rings. The fourth-order valence-corrected chi connectivity index (χ4v) is 4.21. The number of rotatable bonds is 7. The van der Waals surface area contributed by atoms with Crippen molar-refractivity contribution in [2.45, 2.75) is 27.2 Å². The summed E-state index contributed by atoms with van der Waals surface area (Å²) < 4.78 is 5.28. The molecule has 0 unspecified atom stereocenters. The number of nitrogens with zero attached hydrogens (tertiary/aromatic N) is 2. The Bertz CT molecular complexity index is 1150. The highest BCUT2D eigenvalue weighted by atomic mass is 32.1. The number of carbonyl (C=O) groups is 3. The Morgan fingerprint density at radius 1 is 1.16 bits per heavy atom. The number of hydrogen-bond acceptors (Lipinski definition) is 6. The number of thiophene rings is 1. The van der Waals surface area contributed by atoms with Gasteiger partial charge in [0, 0.05) is 19.7 Å². The quantitative estimate of drug-likeness (QED) is 0.519. The van der Waals surface area contributed by atoms with Crippen molar-refractivity contribution in [3.63, 3.8) is 0 Å². The van der Waals surface area contributed by atoms with Crippen molar-refractivity contribution in [2.75, 3.05) is 26.0 Å². The van der Waals surface area contributed by atoms with E-state index in [1.165, 1.54) is 4.90 Å². The molecule has 32 heavy (non-hydrogen) atoms. The average molecular weight is 455 g/mol. The highest BCUT2D eigenvalue weighted by molar-refractivity contribution is 7.18. The third-order valence-electron chi connectivity index (χ3n) is 4.79. The van der Waals surface area contributed by atoms with Gasteiger partial charge in [-0.25, -0.2) is 4.79 Å². The summed E-state index contributed by atoms with van der Waals surface area (Å²) in [6.07, 6.45) is 0.663. The molecule has 168 valence electrons. The molecule has 0 spiro atoms. The summed E-state index contributed by atoms with van der Waals surface area (Å²) in [5.74, 6) is -1.29. The lowest BCUT2D eigenvalue weighted by Crippen LogP contribution is -2.21. The first-order valence-corrected chi connectivity index (χ1v) is 11.0. The van der Waals surface area contributed by atoms with Gasteiger partial charge in [-0.3, -0.25) is 14.7 Å². The summed E-state index contributed by atoms with van der Waals surface area (Å²) in [4.78, 5) is 39.9. The summed E-state index contributed by atoms with van der Waals surface area (Å²) in [7, 11) is 3.26. The third kappa shape index (κ3) is 4.88. The van der Waals surface area contributed by atoms with E-state index in [-0.39, 0.29) is 28.8 Å². The van der Waals surface area contributed by atoms with Crippen molar-refractivity contribution in [1.82, 2.24) is 15.1 Å². The van der Waals surface area contributed by atoms with E-state index in [4.69, 9.17) is 4.74 Å². The standard InChI is InChI=1S/C23H26N4O4S/c1-6-11-31-23(30)18-14(3)19(22(29)27(4)5)32-21(18)24-20(28)17-12-16(25-26-17)15-9-7-13(2)8-10-15/h7-10,12H,6,11H2,1-5H3,(H,24,28)(H,25,26). The molecule has 2 heterocycles. The molecule has 2 aromatic heterocycles. The van der Waals surface area contributed by atoms with Crippen LogP contribution >= 0.6 is 11.3 Å². The zero-order valence-corrected chi connectivity index (χ0v) is 19.6. The van der Waals surface area contributed by atoms with E-state index in [1.807, 2.05) is 38.1 Å². The summed E-state index contributed by atoms with van der Waals surface area (Å²) >= 11 is 1.05. The molecule has 0 aliphatic heterocycles. The van der Waals surface area contributed by atoms with Gasteiger partial charge in [0.05, 0.1) is 22.7 Å². The number of benzene rings is 1. The van der Waals surface area contributed by atoms with E-state index < -0.39 is 11.9 Å². The Morgan fingerprint density at radius 3 is 2.47 bits per heavy atom. The fraction of sp³-hybridized carbons (Fsp3) is 0.304. The molecule has 0 bridgehead atoms. The van der Waals surface area contributed by atoms with E-state index >= 15 is 0 Å². The number of anilines is 1. The predicted molar refractivity (Wildman–Crippen MR) is 124 cm³/mol. The number of nitrogens with one attached hydrogen (secondary N) is 2. The summed E-state index contributed by atoms with van der Waals surface area (Å²) in [5.41, 5.74) is 3.54. The van der Waals surface area contributed by atoms with Crippen LogP contribution in [0.3, 0.4) is 0 Å². The number of aryl methyl sites for hydroxylation is 1. The Kier molecular flexibility index (Phi) is 7.09. The molecule has 0 atom stereocenters. The van der Waals surface area contributed by atoms with E-state index in [1.54, 1.807) is 27.1 Å². The van der Waals surface area contributed by atoms with Crippen molar-refractivity contribution in [3.05, 3.63) is 57.6 Å². The zero-order chi connectivity index (χ0) is 23.4. The van der Waals surface area contributed by atoms with Gasteiger partial charge in [0.15, 0.2) is 0 Å². The van der Waals surface area contributed by atoms with Gasteiger partial charge in [0.2, 0.25) is 0 Å². The number of aromatic nitrogens is 2. The predicted octanol–water partition coefficient (Wildman–Crippen LogP) is 4.28. The van der Waals surface area contributed by atoms with Crippen LogP contribution in [0.4, 0.5) is 5.00 Å². The van der Waals surface area contributed by atoms with Crippen LogP contribution < -0.4 is 5.32 Å². The van der Waals surface area contributed by atoms with Gasteiger partial charge in [-0.1, -0.05) is 36.8 Å². The lowest BCUT2D eigenvalue weighted by atomic mass is 10.1. The number of hydrogen-bond donors (Lipinski definition) is 2.